The highest BCUT2D eigenvalue weighted by Gasteiger charge is 2.01. The highest BCUT2D eigenvalue weighted by atomic mass is 32.2. The maximum Gasteiger partial charge on any atom is 0.244 e. The quantitative estimate of drug-likeness (QED) is 0.313. The minimum absolute atomic E-state index is 0.108. The van der Waals surface area contributed by atoms with Gasteiger partial charge in [0.05, 0.1) is 5.75 Å². The fourth-order valence-corrected chi connectivity index (χ4v) is 1.74. The predicted octanol–water partition coefficient (Wildman–Crippen LogP) is 0.727. The Bertz CT molecular complexity index is 378. The number of nitrogens with two attached hydrogens (primary N) is 1. The van der Waals surface area contributed by atoms with Crippen LogP contribution in [0, 0.1) is 0 Å². The Hall–Kier alpha value is -1.53. The van der Waals surface area contributed by atoms with Crippen molar-refractivity contribution in [2.24, 2.45) is 5.84 Å². The molecule has 0 saturated carbocycles. The van der Waals surface area contributed by atoms with Crippen molar-refractivity contribution < 1.29 is 9.59 Å². The molecule has 1 aromatic carbocycles. The molecule has 16 heavy (non-hydrogen) atoms. The normalized spacial score (nSPS) is 9.62. The molecule has 0 fully saturated rings. The zero-order valence-corrected chi connectivity index (χ0v) is 9.64. The minimum atomic E-state index is -0.226. The average Bonchev–Trinajstić information content (AvgIpc) is 2.27. The largest absolute Gasteiger partial charge is 0.326 e. The van der Waals surface area contributed by atoms with E-state index in [4.69, 9.17) is 5.84 Å². The molecule has 0 bridgehead atoms. The summed E-state index contributed by atoms with van der Waals surface area (Å²) in [4.78, 5) is 22.6. The molecule has 4 N–H and O–H groups in total. The van der Waals surface area contributed by atoms with Crippen LogP contribution in [0.25, 0.3) is 0 Å². The third kappa shape index (κ3) is 4.33. The maximum absolute atomic E-state index is 10.9. The third-order valence-corrected chi connectivity index (χ3v) is 2.72. The van der Waals surface area contributed by atoms with Crippen LogP contribution in [0.4, 0.5) is 5.69 Å². The first-order chi connectivity index (χ1) is 7.61. The van der Waals surface area contributed by atoms with Crippen molar-refractivity contribution >= 4 is 29.3 Å². The van der Waals surface area contributed by atoms with Crippen molar-refractivity contribution in [2.75, 3.05) is 11.1 Å². The lowest BCUT2D eigenvalue weighted by atomic mass is 10.3. The number of carbonyl (C=O) groups is 2. The van der Waals surface area contributed by atoms with Crippen LogP contribution in [0.3, 0.4) is 0 Å². The molecule has 86 valence electrons. The van der Waals surface area contributed by atoms with Crippen LogP contribution in [0.2, 0.25) is 0 Å². The van der Waals surface area contributed by atoms with Crippen molar-refractivity contribution in [1.29, 1.82) is 0 Å². The number of hydrogen-bond acceptors (Lipinski definition) is 4. The van der Waals surface area contributed by atoms with Gasteiger partial charge in [0.1, 0.15) is 0 Å². The number of thioether (sulfide) groups is 1. The van der Waals surface area contributed by atoms with Gasteiger partial charge in [0.2, 0.25) is 11.8 Å². The van der Waals surface area contributed by atoms with E-state index in [9.17, 15) is 9.59 Å². The second-order valence-electron chi connectivity index (χ2n) is 3.06. The summed E-state index contributed by atoms with van der Waals surface area (Å²) in [6, 6.07) is 7.23. The second kappa shape index (κ2) is 6.14. The molecule has 0 atom stereocenters. The van der Waals surface area contributed by atoms with E-state index >= 15 is 0 Å². The summed E-state index contributed by atoms with van der Waals surface area (Å²) < 4.78 is 0. The second-order valence-corrected chi connectivity index (χ2v) is 4.11. The van der Waals surface area contributed by atoms with E-state index in [1.54, 1.807) is 12.1 Å². The highest BCUT2D eigenvalue weighted by Crippen LogP contribution is 2.19. The lowest BCUT2D eigenvalue weighted by Crippen LogP contribution is -2.31. The van der Waals surface area contributed by atoms with Gasteiger partial charge >= 0.3 is 0 Å². The number of nitrogens with one attached hydrogen (secondary N) is 2. The summed E-state index contributed by atoms with van der Waals surface area (Å²) in [5.74, 6) is 4.89. The van der Waals surface area contributed by atoms with E-state index in [1.165, 1.54) is 18.7 Å². The topological polar surface area (TPSA) is 84.2 Å². The Labute approximate surface area is 97.7 Å². The SMILES string of the molecule is CC(=O)Nc1ccc(SCC(=O)NN)cc1. The Morgan fingerprint density at radius 3 is 2.44 bits per heavy atom. The highest BCUT2D eigenvalue weighted by molar-refractivity contribution is 8.00. The first kappa shape index (κ1) is 12.5. The molecular formula is C10H13N3O2S. The Balaban J connectivity index is 2.51. The monoisotopic (exact) mass is 239 g/mol. The van der Waals surface area contributed by atoms with Gasteiger partial charge in [0.15, 0.2) is 0 Å². The number of hydrogen-bond donors (Lipinski definition) is 3. The van der Waals surface area contributed by atoms with Crippen molar-refractivity contribution in [3.8, 4) is 0 Å². The molecule has 0 radical (unpaired) electrons. The van der Waals surface area contributed by atoms with E-state index in [2.05, 4.69) is 10.7 Å². The number of anilines is 1. The standard InChI is InChI=1S/C10H13N3O2S/c1-7(14)12-8-2-4-9(5-3-8)16-6-10(15)13-11/h2-5H,6,11H2,1H3,(H,12,14)(H,13,15). The van der Waals surface area contributed by atoms with Crippen LogP contribution in [-0.2, 0) is 9.59 Å². The lowest BCUT2D eigenvalue weighted by molar-refractivity contribution is -0.118. The molecular weight excluding hydrogens is 226 g/mol. The van der Waals surface area contributed by atoms with Crippen LogP contribution in [0.1, 0.15) is 6.92 Å². The Morgan fingerprint density at radius 1 is 1.31 bits per heavy atom. The van der Waals surface area contributed by atoms with Crippen LogP contribution < -0.4 is 16.6 Å². The summed E-state index contributed by atoms with van der Waals surface area (Å²) in [6.45, 7) is 1.45. The molecule has 6 heteroatoms. The number of amides is 2. The number of rotatable bonds is 4. The molecule has 0 aromatic heterocycles. The molecule has 1 rings (SSSR count). The Kier molecular flexibility index (Phi) is 4.81. The van der Waals surface area contributed by atoms with Gasteiger partial charge in [-0.2, -0.15) is 0 Å². The van der Waals surface area contributed by atoms with Crippen LogP contribution in [0.15, 0.2) is 29.2 Å². The van der Waals surface area contributed by atoms with E-state index in [0.29, 0.717) is 0 Å². The zero-order chi connectivity index (χ0) is 12.0. The molecule has 0 spiro atoms. The van der Waals surface area contributed by atoms with Gasteiger partial charge in [0.25, 0.3) is 0 Å². The molecule has 0 aliphatic heterocycles. The van der Waals surface area contributed by atoms with E-state index in [-0.39, 0.29) is 17.6 Å². The average molecular weight is 239 g/mol. The molecule has 2 amide bonds. The maximum atomic E-state index is 10.9. The summed E-state index contributed by atoms with van der Waals surface area (Å²) in [5.41, 5.74) is 2.79. The summed E-state index contributed by atoms with van der Waals surface area (Å²) in [5, 5.41) is 2.66. The van der Waals surface area contributed by atoms with Crippen molar-refractivity contribution in [3.63, 3.8) is 0 Å². The molecule has 1 aromatic rings. The van der Waals surface area contributed by atoms with Gasteiger partial charge < -0.3 is 5.32 Å². The minimum Gasteiger partial charge on any atom is -0.326 e. The van der Waals surface area contributed by atoms with E-state index < -0.39 is 0 Å². The van der Waals surface area contributed by atoms with Gasteiger partial charge in [-0.25, -0.2) is 5.84 Å². The van der Waals surface area contributed by atoms with Crippen LogP contribution >= 0.6 is 11.8 Å². The van der Waals surface area contributed by atoms with Crippen molar-refractivity contribution in [3.05, 3.63) is 24.3 Å². The van der Waals surface area contributed by atoms with Gasteiger partial charge in [-0.1, -0.05) is 0 Å². The van der Waals surface area contributed by atoms with Gasteiger partial charge in [-0.3, -0.25) is 15.0 Å². The van der Waals surface area contributed by atoms with Crippen LogP contribution in [-0.4, -0.2) is 17.6 Å². The van der Waals surface area contributed by atoms with Crippen molar-refractivity contribution in [1.82, 2.24) is 5.43 Å². The first-order valence-electron chi connectivity index (χ1n) is 4.61. The number of hydrazine groups is 1. The van der Waals surface area contributed by atoms with Gasteiger partial charge in [-0.15, -0.1) is 11.8 Å². The first-order valence-corrected chi connectivity index (χ1v) is 5.60. The summed E-state index contributed by atoms with van der Waals surface area (Å²) in [6.07, 6.45) is 0. The zero-order valence-electron chi connectivity index (χ0n) is 8.82. The third-order valence-electron chi connectivity index (χ3n) is 1.71. The molecule has 0 unspecified atom stereocenters. The van der Waals surface area contributed by atoms with E-state index in [0.717, 1.165) is 10.6 Å². The Morgan fingerprint density at radius 2 is 1.94 bits per heavy atom. The molecule has 0 aliphatic rings. The molecule has 0 aliphatic carbocycles. The number of carbonyl (C=O) groups excluding carboxylic acids is 2. The van der Waals surface area contributed by atoms with E-state index in [1.807, 2.05) is 12.1 Å². The van der Waals surface area contributed by atoms with Crippen molar-refractivity contribution in [2.45, 2.75) is 11.8 Å². The summed E-state index contributed by atoms with van der Waals surface area (Å²) in [7, 11) is 0. The number of benzene rings is 1. The fourth-order valence-electron chi connectivity index (χ4n) is 1.03. The molecule has 0 saturated heterocycles. The van der Waals surface area contributed by atoms with Crippen LogP contribution in [0.5, 0.6) is 0 Å². The fraction of sp³-hybridized carbons (Fsp3) is 0.200. The summed E-state index contributed by atoms with van der Waals surface area (Å²) >= 11 is 1.38. The van der Waals surface area contributed by atoms with Gasteiger partial charge in [0, 0.05) is 17.5 Å². The molecule has 0 heterocycles. The lowest BCUT2D eigenvalue weighted by Gasteiger charge is -2.04. The van der Waals surface area contributed by atoms with Gasteiger partial charge in [-0.05, 0) is 24.3 Å². The predicted molar refractivity (Wildman–Crippen MR) is 63.8 cm³/mol. The molecule has 5 nitrogen and oxygen atoms in total. The smallest absolute Gasteiger partial charge is 0.244 e.